The summed E-state index contributed by atoms with van der Waals surface area (Å²) in [6.45, 7) is 5.70. The van der Waals surface area contributed by atoms with Gasteiger partial charge in [0.15, 0.2) is 0 Å². The highest BCUT2D eigenvalue weighted by molar-refractivity contribution is 5.88. The molecule has 0 aromatic heterocycles. The fraction of sp³-hybridized carbons (Fsp3) is 0.750. The van der Waals surface area contributed by atoms with Gasteiger partial charge in [0.2, 0.25) is 5.91 Å². The van der Waals surface area contributed by atoms with Gasteiger partial charge >= 0.3 is 0 Å². The Hall–Kier alpha value is -1.55. The summed E-state index contributed by atoms with van der Waals surface area (Å²) in [6.07, 6.45) is 14.7. The first-order chi connectivity index (χ1) is 15.6. The van der Waals surface area contributed by atoms with Crippen molar-refractivity contribution in [1.82, 2.24) is 10.6 Å². The number of para-hydroxylation sites is 1. The SMILES string of the molecule is Cc1cccc2c1NC(C(=O)N[C@@H](C1CC1)C1NCC(C3CCCCCCC3)CC1C)C2. The predicted molar refractivity (Wildman–Crippen MR) is 132 cm³/mol. The van der Waals surface area contributed by atoms with Gasteiger partial charge in [-0.2, -0.15) is 0 Å². The lowest BCUT2D eigenvalue weighted by Gasteiger charge is -2.43. The Kier molecular flexibility index (Phi) is 6.78. The van der Waals surface area contributed by atoms with Crippen LogP contribution >= 0.6 is 0 Å². The molecule has 1 aromatic carbocycles. The average molecular weight is 438 g/mol. The minimum absolute atomic E-state index is 0.131. The largest absolute Gasteiger partial charge is 0.373 e. The Bertz CT molecular complexity index is 796. The molecule has 3 N–H and O–H groups in total. The van der Waals surface area contributed by atoms with Crippen LogP contribution in [0.3, 0.4) is 0 Å². The van der Waals surface area contributed by atoms with E-state index in [9.17, 15) is 4.79 Å². The standard InChI is InChI=1S/C28H43N3O/c1-18-9-8-12-22-16-24(30-25(18)22)28(32)31-27(21-13-14-21)26-19(2)15-23(17-29-26)20-10-6-4-3-5-7-11-20/h8-9,12,19-21,23-24,26-27,29-30H,3-7,10-11,13-17H2,1-2H3,(H,31,32)/t19?,23?,24?,26?,27-/m0/s1. The number of anilines is 1. The van der Waals surface area contributed by atoms with Crippen LogP contribution < -0.4 is 16.0 Å². The summed E-state index contributed by atoms with van der Waals surface area (Å²) in [5.41, 5.74) is 3.68. The summed E-state index contributed by atoms with van der Waals surface area (Å²) in [4.78, 5) is 13.3. The van der Waals surface area contributed by atoms with Crippen LogP contribution in [0, 0.1) is 30.6 Å². The van der Waals surface area contributed by atoms with E-state index in [1.807, 2.05) is 0 Å². The molecule has 1 amide bonds. The lowest BCUT2D eigenvalue weighted by atomic mass is 9.73. The molecular formula is C28H43N3O. The van der Waals surface area contributed by atoms with Crippen molar-refractivity contribution in [1.29, 1.82) is 0 Å². The molecule has 2 saturated carbocycles. The highest BCUT2D eigenvalue weighted by Gasteiger charge is 2.43. The third-order valence-corrected chi connectivity index (χ3v) is 8.96. The Morgan fingerprint density at radius 1 is 1.03 bits per heavy atom. The number of amides is 1. The van der Waals surface area contributed by atoms with Crippen LogP contribution in [0.2, 0.25) is 0 Å². The van der Waals surface area contributed by atoms with Gasteiger partial charge in [0.05, 0.1) is 0 Å². The van der Waals surface area contributed by atoms with Gasteiger partial charge in [-0.3, -0.25) is 4.79 Å². The highest BCUT2D eigenvalue weighted by atomic mass is 16.2. The van der Waals surface area contributed by atoms with E-state index in [-0.39, 0.29) is 18.0 Å². The van der Waals surface area contributed by atoms with E-state index < -0.39 is 0 Å². The second kappa shape index (κ2) is 9.75. The molecule has 4 aliphatic rings. The van der Waals surface area contributed by atoms with Crippen molar-refractivity contribution in [3.05, 3.63) is 29.3 Å². The van der Waals surface area contributed by atoms with Gasteiger partial charge in [0.1, 0.15) is 6.04 Å². The normalized spacial score (nSPS) is 32.3. The van der Waals surface area contributed by atoms with Gasteiger partial charge < -0.3 is 16.0 Å². The first-order valence-electron chi connectivity index (χ1n) is 13.5. The van der Waals surface area contributed by atoms with Crippen LogP contribution in [0.1, 0.15) is 82.3 Å². The molecule has 0 radical (unpaired) electrons. The quantitative estimate of drug-likeness (QED) is 0.593. The molecule has 2 aliphatic carbocycles. The molecule has 4 heteroatoms. The zero-order valence-corrected chi connectivity index (χ0v) is 20.2. The topological polar surface area (TPSA) is 53.2 Å². The fourth-order valence-corrected chi connectivity index (χ4v) is 6.92. The van der Waals surface area contributed by atoms with Crippen molar-refractivity contribution in [3.8, 4) is 0 Å². The van der Waals surface area contributed by atoms with Gasteiger partial charge in [-0.1, -0.05) is 70.1 Å². The molecule has 1 aromatic rings. The van der Waals surface area contributed by atoms with Crippen molar-refractivity contribution in [2.45, 2.75) is 103 Å². The van der Waals surface area contributed by atoms with Crippen molar-refractivity contribution < 1.29 is 4.79 Å². The summed E-state index contributed by atoms with van der Waals surface area (Å²) in [6, 6.07) is 6.95. The van der Waals surface area contributed by atoms with Gasteiger partial charge in [-0.25, -0.2) is 0 Å². The van der Waals surface area contributed by atoms with Crippen LogP contribution in [0.4, 0.5) is 5.69 Å². The lowest BCUT2D eigenvalue weighted by Crippen LogP contribution is -2.59. The number of aryl methyl sites for hydroxylation is 1. The molecule has 32 heavy (non-hydrogen) atoms. The number of hydrogen-bond donors (Lipinski definition) is 3. The van der Waals surface area contributed by atoms with Gasteiger partial charge in [0.25, 0.3) is 0 Å². The summed E-state index contributed by atoms with van der Waals surface area (Å²) in [5.74, 6) is 3.20. The fourth-order valence-electron chi connectivity index (χ4n) is 6.92. The lowest BCUT2D eigenvalue weighted by molar-refractivity contribution is -0.123. The molecule has 4 nitrogen and oxygen atoms in total. The second-order valence-corrected chi connectivity index (χ2v) is 11.4. The minimum Gasteiger partial charge on any atom is -0.373 e. The van der Waals surface area contributed by atoms with E-state index in [0.29, 0.717) is 17.9 Å². The van der Waals surface area contributed by atoms with E-state index in [1.54, 1.807) is 0 Å². The number of carbonyl (C=O) groups is 1. The van der Waals surface area contributed by atoms with Crippen molar-refractivity contribution in [2.24, 2.45) is 23.7 Å². The number of carbonyl (C=O) groups excluding carboxylic acids is 1. The molecule has 3 fully saturated rings. The number of fused-ring (bicyclic) bond motifs is 1. The maximum absolute atomic E-state index is 13.3. The summed E-state index contributed by atoms with van der Waals surface area (Å²) < 4.78 is 0. The molecule has 5 atom stereocenters. The molecule has 0 bridgehead atoms. The Morgan fingerprint density at radius 2 is 1.78 bits per heavy atom. The monoisotopic (exact) mass is 437 g/mol. The van der Waals surface area contributed by atoms with Crippen LogP contribution in [0.5, 0.6) is 0 Å². The molecule has 2 heterocycles. The first-order valence-corrected chi connectivity index (χ1v) is 13.5. The molecule has 1 saturated heterocycles. The third kappa shape index (κ3) is 4.85. The Morgan fingerprint density at radius 3 is 2.47 bits per heavy atom. The zero-order valence-electron chi connectivity index (χ0n) is 20.2. The minimum atomic E-state index is -0.131. The molecule has 4 unspecified atom stereocenters. The van der Waals surface area contributed by atoms with Gasteiger partial charge in [-0.15, -0.1) is 0 Å². The number of benzene rings is 1. The van der Waals surface area contributed by atoms with Gasteiger partial charge in [-0.05, 0) is 67.5 Å². The van der Waals surface area contributed by atoms with E-state index in [1.165, 1.54) is 81.0 Å². The second-order valence-electron chi connectivity index (χ2n) is 11.4. The molecule has 5 rings (SSSR count). The summed E-state index contributed by atoms with van der Waals surface area (Å²) in [7, 11) is 0. The molecular weight excluding hydrogens is 394 g/mol. The maximum atomic E-state index is 13.3. The number of rotatable bonds is 5. The van der Waals surface area contributed by atoms with Crippen molar-refractivity contribution in [3.63, 3.8) is 0 Å². The van der Waals surface area contributed by atoms with E-state index in [0.717, 1.165) is 24.8 Å². The van der Waals surface area contributed by atoms with Crippen LogP contribution in [-0.4, -0.2) is 30.6 Å². The highest BCUT2D eigenvalue weighted by Crippen LogP contribution is 2.40. The van der Waals surface area contributed by atoms with Crippen molar-refractivity contribution >= 4 is 11.6 Å². The van der Waals surface area contributed by atoms with E-state index in [2.05, 4.69) is 48.0 Å². The van der Waals surface area contributed by atoms with Crippen molar-refractivity contribution in [2.75, 3.05) is 11.9 Å². The Balaban J connectivity index is 1.19. The molecule has 0 spiro atoms. The van der Waals surface area contributed by atoms with Gasteiger partial charge in [0, 0.05) is 24.2 Å². The zero-order chi connectivity index (χ0) is 22.1. The van der Waals surface area contributed by atoms with E-state index in [4.69, 9.17) is 0 Å². The van der Waals surface area contributed by atoms with E-state index >= 15 is 0 Å². The maximum Gasteiger partial charge on any atom is 0.243 e. The average Bonchev–Trinajstić information content (AvgIpc) is 3.50. The number of hydrogen-bond acceptors (Lipinski definition) is 3. The summed E-state index contributed by atoms with van der Waals surface area (Å²) in [5, 5.41) is 11.0. The molecule has 176 valence electrons. The predicted octanol–water partition coefficient (Wildman–Crippen LogP) is 5.20. The number of nitrogens with one attached hydrogen (secondary N) is 3. The van der Waals surface area contributed by atoms with Crippen LogP contribution in [0.15, 0.2) is 18.2 Å². The smallest absolute Gasteiger partial charge is 0.243 e. The van der Waals surface area contributed by atoms with Crippen LogP contribution in [0.25, 0.3) is 0 Å². The molecule has 2 aliphatic heterocycles. The first kappa shape index (κ1) is 22.3. The third-order valence-electron chi connectivity index (χ3n) is 8.96. The van der Waals surface area contributed by atoms with Crippen LogP contribution in [-0.2, 0) is 11.2 Å². The number of piperidine rings is 1. The summed E-state index contributed by atoms with van der Waals surface area (Å²) >= 11 is 0. The Labute approximate surface area is 194 Å².